The number of aromatic nitrogens is 4. The molecule has 5 rings (SSSR count). The number of aromatic carboxylic acids is 1. The van der Waals surface area contributed by atoms with Crippen LogP contribution in [-0.4, -0.2) is 44.9 Å². The molecule has 0 fully saturated rings. The second-order valence-corrected chi connectivity index (χ2v) is 7.19. The Kier molecular flexibility index (Phi) is 4.91. The van der Waals surface area contributed by atoms with Gasteiger partial charge in [0, 0.05) is 7.11 Å². The van der Waals surface area contributed by atoms with Crippen molar-refractivity contribution in [2.75, 3.05) is 14.2 Å². The molecule has 2 aromatic carbocycles. The lowest BCUT2D eigenvalue weighted by molar-refractivity contribution is 0.0691. The van der Waals surface area contributed by atoms with Crippen molar-refractivity contribution in [2.24, 2.45) is 0 Å². The van der Waals surface area contributed by atoms with Crippen molar-refractivity contribution in [2.45, 2.75) is 6.61 Å². The highest BCUT2D eigenvalue weighted by molar-refractivity contribution is 5.99. The van der Waals surface area contributed by atoms with Crippen molar-refractivity contribution >= 4 is 22.7 Å². The van der Waals surface area contributed by atoms with Crippen LogP contribution in [0.15, 0.2) is 57.7 Å². The van der Waals surface area contributed by atoms with Crippen LogP contribution in [0.2, 0.25) is 0 Å². The molecule has 0 saturated carbocycles. The monoisotopic (exact) mass is 446 g/mol. The van der Waals surface area contributed by atoms with Gasteiger partial charge in [0.15, 0.2) is 22.4 Å². The van der Waals surface area contributed by atoms with Gasteiger partial charge >= 0.3 is 5.97 Å². The first-order chi connectivity index (χ1) is 16.0. The van der Waals surface area contributed by atoms with E-state index in [-0.39, 0.29) is 35.1 Å². The number of benzene rings is 2. The second-order valence-electron chi connectivity index (χ2n) is 7.19. The summed E-state index contributed by atoms with van der Waals surface area (Å²) in [7, 11) is 2.99. The molecule has 2 N–H and O–H groups in total. The Hall–Kier alpha value is -4.44. The van der Waals surface area contributed by atoms with Gasteiger partial charge in [-0.05, 0) is 17.7 Å². The number of hydrogen-bond acceptors (Lipinski definition) is 7. The zero-order chi connectivity index (χ0) is 23.1. The number of nitrogens with one attached hydrogen (secondary N) is 1. The van der Waals surface area contributed by atoms with Crippen LogP contribution in [0.1, 0.15) is 16.2 Å². The first-order valence-corrected chi connectivity index (χ1v) is 9.92. The van der Waals surface area contributed by atoms with Crippen molar-refractivity contribution in [1.29, 1.82) is 0 Å². The number of methoxy groups -OCH3 is 2. The number of ether oxygens (including phenoxy) is 2. The number of aromatic amines is 1. The Morgan fingerprint density at radius 1 is 1.09 bits per heavy atom. The van der Waals surface area contributed by atoms with Crippen LogP contribution in [-0.2, 0) is 11.3 Å². The third-order valence-electron chi connectivity index (χ3n) is 5.23. The van der Waals surface area contributed by atoms with E-state index in [1.807, 2.05) is 6.07 Å². The topological polar surface area (TPSA) is 132 Å². The zero-order valence-electron chi connectivity index (χ0n) is 17.7. The highest BCUT2D eigenvalue weighted by Gasteiger charge is 2.26. The Bertz CT molecular complexity index is 1570. The lowest BCUT2D eigenvalue weighted by Crippen LogP contribution is -2.21. The van der Waals surface area contributed by atoms with Crippen LogP contribution in [0.25, 0.3) is 39.3 Å². The molecule has 3 heterocycles. The van der Waals surface area contributed by atoms with Gasteiger partial charge in [-0.1, -0.05) is 36.4 Å². The summed E-state index contributed by atoms with van der Waals surface area (Å²) in [5.41, 5.74) is 1.53. The van der Waals surface area contributed by atoms with E-state index in [2.05, 4.69) is 15.1 Å². The Labute approximate surface area is 186 Å². The molecular weight excluding hydrogens is 428 g/mol. The van der Waals surface area contributed by atoms with Gasteiger partial charge in [-0.25, -0.2) is 14.8 Å². The van der Waals surface area contributed by atoms with Crippen molar-refractivity contribution in [3.63, 3.8) is 0 Å². The fraction of sp³-hybridized carbons (Fsp3) is 0.130. The summed E-state index contributed by atoms with van der Waals surface area (Å²) in [6.45, 7) is -0.0151. The molecule has 0 saturated heterocycles. The smallest absolute Gasteiger partial charge is 0.354 e. The van der Waals surface area contributed by atoms with E-state index in [0.29, 0.717) is 28.0 Å². The van der Waals surface area contributed by atoms with E-state index in [9.17, 15) is 14.7 Å². The minimum atomic E-state index is -1.22. The fourth-order valence-electron chi connectivity index (χ4n) is 3.80. The van der Waals surface area contributed by atoms with Crippen molar-refractivity contribution < 1.29 is 23.8 Å². The molecule has 0 aliphatic carbocycles. The molecule has 0 spiro atoms. The SMILES string of the molecule is COCc1nc2c(-c3ccccc3)c(C(=O)O)[nH]n2c(=O)c1-c1nc2c(OC)cccc2o1. The van der Waals surface area contributed by atoms with Crippen LogP contribution in [0.3, 0.4) is 0 Å². The van der Waals surface area contributed by atoms with Crippen LogP contribution in [0.5, 0.6) is 5.75 Å². The van der Waals surface area contributed by atoms with Gasteiger partial charge in [-0.15, -0.1) is 0 Å². The maximum absolute atomic E-state index is 13.6. The summed E-state index contributed by atoms with van der Waals surface area (Å²) in [4.78, 5) is 34.6. The van der Waals surface area contributed by atoms with E-state index in [4.69, 9.17) is 13.9 Å². The molecule has 0 atom stereocenters. The number of carbonyl (C=O) groups is 1. The number of nitrogens with zero attached hydrogens (tertiary/aromatic N) is 3. The van der Waals surface area contributed by atoms with E-state index in [1.54, 1.807) is 42.5 Å². The quantitative estimate of drug-likeness (QED) is 0.406. The molecule has 0 unspecified atom stereocenters. The normalized spacial score (nSPS) is 11.3. The Morgan fingerprint density at radius 3 is 2.58 bits per heavy atom. The molecule has 0 bridgehead atoms. The minimum Gasteiger partial charge on any atom is -0.494 e. The summed E-state index contributed by atoms with van der Waals surface area (Å²) >= 11 is 0. The first-order valence-electron chi connectivity index (χ1n) is 9.92. The molecule has 10 heteroatoms. The standard InChI is InChI=1S/C23H18N4O6/c1-31-11-13-17(21-25-18-14(32-2)9-6-10-15(18)33-21)22(28)27-20(24-13)16(19(26-27)23(29)30)12-7-4-3-5-8-12/h3-10,26H,11H2,1-2H3,(H,29,30). The molecule has 3 aromatic heterocycles. The van der Waals surface area contributed by atoms with Crippen LogP contribution < -0.4 is 10.3 Å². The molecule has 0 aliphatic heterocycles. The first kappa shape index (κ1) is 20.5. The number of hydrogen-bond donors (Lipinski definition) is 2. The highest BCUT2D eigenvalue weighted by Crippen LogP contribution is 2.32. The third kappa shape index (κ3) is 3.24. The summed E-state index contributed by atoms with van der Waals surface area (Å²) in [6.07, 6.45) is 0. The number of oxazole rings is 1. The van der Waals surface area contributed by atoms with E-state index >= 15 is 0 Å². The van der Waals surface area contributed by atoms with Crippen LogP contribution in [0.4, 0.5) is 0 Å². The van der Waals surface area contributed by atoms with Gasteiger partial charge in [0.25, 0.3) is 5.56 Å². The Morgan fingerprint density at radius 2 is 1.88 bits per heavy atom. The molecule has 10 nitrogen and oxygen atoms in total. The van der Waals surface area contributed by atoms with Gasteiger partial charge in [0.1, 0.15) is 11.3 Å². The molecule has 5 aromatic rings. The number of carboxylic acid groups (broad SMARTS) is 1. The van der Waals surface area contributed by atoms with Gasteiger partial charge < -0.3 is 19.0 Å². The number of rotatable bonds is 6. The van der Waals surface area contributed by atoms with Crippen LogP contribution >= 0.6 is 0 Å². The zero-order valence-corrected chi connectivity index (χ0v) is 17.7. The number of carboxylic acids is 1. The Balaban J connectivity index is 1.85. The van der Waals surface area contributed by atoms with Crippen molar-refractivity contribution in [3.05, 3.63) is 70.3 Å². The molecule has 0 amide bonds. The van der Waals surface area contributed by atoms with Crippen LogP contribution in [0, 0.1) is 0 Å². The van der Waals surface area contributed by atoms with E-state index in [1.165, 1.54) is 14.2 Å². The average Bonchev–Trinajstić information content (AvgIpc) is 3.42. The predicted octanol–water partition coefficient (Wildman–Crippen LogP) is 3.35. The molecule has 166 valence electrons. The van der Waals surface area contributed by atoms with Gasteiger partial charge in [-0.2, -0.15) is 4.52 Å². The summed E-state index contributed by atoms with van der Waals surface area (Å²) < 4.78 is 17.6. The lowest BCUT2D eigenvalue weighted by atomic mass is 10.1. The van der Waals surface area contributed by atoms with Crippen molar-refractivity contribution in [1.82, 2.24) is 19.6 Å². The van der Waals surface area contributed by atoms with E-state index < -0.39 is 11.5 Å². The second kappa shape index (κ2) is 7.92. The third-order valence-corrected chi connectivity index (χ3v) is 5.23. The highest BCUT2D eigenvalue weighted by atomic mass is 16.5. The average molecular weight is 446 g/mol. The molecule has 0 radical (unpaired) electrons. The van der Waals surface area contributed by atoms with Crippen molar-refractivity contribution in [3.8, 4) is 28.3 Å². The largest absolute Gasteiger partial charge is 0.494 e. The summed E-state index contributed by atoms with van der Waals surface area (Å²) in [6, 6.07) is 14.0. The maximum Gasteiger partial charge on any atom is 0.354 e. The van der Waals surface area contributed by atoms with Gasteiger partial charge in [-0.3, -0.25) is 9.89 Å². The number of H-pyrrole nitrogens is 1. The fourth-order valence-corrected chi connectivity index (χ4v) is 3.80. The lowest BCUT2D eigenvalue weighted by Gasteiger charge is -2.06. The number of para-hydroxylation sites is 1. The molecule has 33 heavy (non-hydrogen) atoms. The molecule has 0 aliphatic rings. The molecular formula is C23H18N4O6. The number of fused-ring (bicyclic) bond motifs is 2. The summed E-state index contributed by atoms with van der Waals surface area (Å²) in [5.74, 6) is -0.703. The van der Waals surface area contributed by atoms with Gasteiger partial charge in [0.05, 0.1) is 25.0 Å². The minimum absolute atomic E-state index is 0.0151. The maximum atomic E-state index is 13.6. The predicted molar refractivity (Wildman–Crippen MR) is 118 cm³/mol. The van der Waals surface area contributed by atoms with E-state index in [0.717, 1.165) is 4.52 Å². The summed E-state index contributed by atoms with van der Waals surface area (Å²) in [5, 5.41) is 12.5. The van der Waals surface area contributed by atoms with Gasteiger partial charge in [0.2, 0.25) is 5.89 Å².